The van der Waals surface area contributed by atoms with E-state index in [1.54, 1.807) is 0 Å². The van der Waals surface area contributed by atoms with Gasteiger partial charge in [-0.05, 0) is 18.6 Å². The highest BCUT2D eigenvalue weighted by Crippen LogP contribution is 2.26. The first kappa shape index (κ1) is 17.9. The van der Waals surface area contributed by atoms with Crippen molar-refractivity contribution >= 4 is 28.3 Å². The van der Waals surface area contributed by atoms with E-state index >= 15 is 0 Å². The number of hydrogen-bond acceptors (Lipinski definition) is 4. The highest BCUT2D eigenvalue weighted by Gasteiger charge is 2.11. The molecule has 3 aromatic rings. The van der Waals surface area contributed by atoms with Crippen molar-refractivity contribution in [1.82, 2.24) is 10.3 Å². The molecule has 1 atom stereocenters. The first-order valence-electron chi connectivity index (χ1n) is 8.70. The molecule has 0 saturated heterocycles. The Morgan fingerprint density at radius 3 is 2.50 bits per heavy atom. The molecular weight excluding hydrogens is 324 g/mol. The number of hydrogen-bond donors (Lipinski definition) is 2. The standard InChI is InChI=1S/C21H24N4O/c1-15(16-9-5-4-6-10-16)22-14-21(26)24-19-13-20(25(2)3)23-18-12-8-7-11-17(18)19/h4-13,15,22H,14H2,1-3H3,(H,23,24,26). The number of aromatic nitrogens is 1. The van der Waals surface area contributed by atoms with Crippen molar-refractivity contribution in [3.05, 3.63) is 66.2 Å². The Hall–Kier alpha value is -2.92. The summed E-state index contributed by atoms with van der Waals surface area (Å²) < 4.78 is 0. The van der Waals surface area contributed by atoms with Crippen LogP contribution < -0.4 is 15.5 Å². The Kier molecular flexibility index (Phi) is 5.49. The summed E-state index contributed by atoms with van der Waals surface area (Å²) in [7, 11) is 3.87. The number of anilines is 2. The van der Waals surface area contributed by atoms with Crippen molar-refractivity contribution in [2.24, 2.45) is 0 Å². The van der Waals surface area contributed by atoms with Gasteiger partial charge in [0.2, 0.25) is 5.91 Å². The normalized spacial score (nSPS) is 12.0. The van der Waals surface area contributed by atoms with Crippen LogP contribution in [0.25, 0.3) is 10.9 Å². The Morgan fingerprint density at radius 1 is 1.08 bits per heavy atom. The molecule has 26 heavy (non-hydrogen) atoms. The molecule has 0 aliphatic heterocycles. The summed E-state index contributed by atoms with van der Waals surface area (Å²) in [6.45, 7) is 2.29. The lowest BCUT2D eigenvalue weighted by Crippen LogP contribution is -2.30. The topological polar surface area (TPSA) is 57.3 Å². The summed E-state index contributed by atoms with van der Waals surface area (Å²) in [5.41, 5.74) is 2.79. The van der Waals surface area contributed by atoms with E-state index in [0.717, 1.165) is 28.0 Å². The molecule has 1 amide bonds. The highest BCUT2D eigenvalue weighted by atomic mass is 16.1. The molecule has 5 nitrogen and oxygen atoms in total. The van der Waals surface area contributed by atoms with Crippen molar-refractivity contribution < 1.29 is 4.79 Å². The Labute approximate surface area is 154 Å². The van der Waals surface area contributed by atoms with Crippen LogP contribution in [0.15, 0.2) is 60.7 Å². The van der Waals surface area contributed by atoms with Gasteiger partial charge in [-0.15, -0.1) is 0 Å². The van der Waals surface area contributed by atoms with E-state index < -0.39 is 0 Å². The van der Waals surface area contributed by atoms with Crippen molar-refractivity contribution in [1.29, 1.82) is 0 Å². The lowest BCUT2D eigenvalue weighted by atomic mass is 10.1. The van der Waals surface area contributed by atoms with Crippen LogP contribution in [0.2, 0.25) is 0 Å². The molecule has 0 spiro atoms. The number of nitrogens with one attached hydrogen (secondary N) is 2. The summed E-state index contributed by atoms with van der Waals surface area (Å²) >= 11 is 0. The molecule has 0 saturated carbocycles. The zero-order valence-electron chi connectivity index (χ0n) is 15.4. The maximum absolute atomic E-state index is 12.5. The average molecular weight is 348 g/mol. The average Bonchev–Trinajstić information content (AvgIpc) is 2.66. The molecule has 134 valence electrons. The molecule has 5 heteroatoms. The predicted octanol–water partition coefficient (Wildman–Crippen LogP) is 3.59. The van der Waals surface area contributed by atoms with Crippen LogP contribution in [-0.4, -0.2) is 31.5 Å². The van der Waals surface area contributed by atoms with Gasteiger partial charge in [0.25, 0.3) is 0 Å². The maximum atomic E-state index is 12.5. The number of benzene rings is 2. The van der Waals surface area contributed by atoms with Crippen LogP contribution in [-0.2, 0) is 4.79 Å². The highest BCUT2D eigenvalue weighted by molar-refractivity contribution is 6.02. The van der Waals surface area contributed by atoms with Gasteiger partial charge in [0.05, 0.1) is 17.7 Å². The zero-order chi connectivity index (χ0) is 18.5. The molecule has 1 aromatic heterocycles. The van der Waals surface area contributed by atoms with Crippen LogP contribution in [0.3, 0.4) is 0 Å². The Balaban J connectivity index is 1.73. The fourth-order valence-corrected chi connectivity index (χ4v) is 2.79. The smallest absolute Gasteiger partial charge is 0.238 e. The summed E-state index contributed by atoms with van der Waals surface area (Å²) in [5, 5.41) is 7.22. The van der Waals surface area contributed by atoms with Crippen LogP contribution >= 0.6 is 0 Å². The molecule has 0 aliphatic rings. The molecule has 1 heterocycles. The second-order valence-corrected chi connectivity index (χ2v) is 6.50. The molecule has 0 aliphatic carbocycles. The second kappa shape index (κ2) is 7.97. The number of carbonyl (C=O) groups excluding carboxylic acids is 1. The van der Waals surface area contributed by atoms with E-state index in [1.807, 2.05) is 67.5 Å². The van der Waals surface area contributed by atoms with Crippen molar-refractivity contribution in [3.63, 3.8) is 0 Å². The summed E-state index contributed by atoms with van der Waals surface area (Å²) in [6, 6.07) is 19.9. The lowest BCUT2D eigenvalue weighted by molar-refractivity contribution is -0.115. The van der Waals surface area contributed by atoms with Gasteiger partial charge in [-0.2, -0.15) is 0 Å². The third-order valence-corrected chi connectivity index (χ3v) is 4.30. The van der Waals surface area contributed by atoms with Gasteiger partial charge < -0.3 is 15.5 Å². The number of carbonyl (C=O) groups is 1. The number of amides is 1. The summed E-state index contributed by atoms with van der Waals surface area (Å²) in [6.07, 6.45) is 0. The van der Waals surface area contributed by atoms with E-state index in [1.165, 1.54) is 0 Å². The third kappa shape index (κ3) is 4.18. The van der Waals surface area contributed by atoms with Crippen LogP contribution in [0.4, 0.5) is 11.5 Å². The summed E-state index contributed by atoms with van der Waals surface area (Å²) in [4.78, 5) is 19.0. The lowest BCUT2D eigenvalue weighted by Gasteiger charge is -2.17. The van der Waals surface area contributed by atoms with Gasteiger partial charge in [-0.25, -0.2) is 4.98 Å². The fourth-order valence-electron chi connectivity index (χ4n) is 2.79. The molecule has 0 bridgehead atoms. The largest absolute Gasteiger partial charge is 0.363 e. The molecule has 1 unspecified atom stereocenters. The zero-order valence-corrected chi connectivity index (χ0v) is 15.4. The Bertz CT molecular complexity index is 893. The number of rotatable bonds is 6. The molecule has 2 aromatic carbocycles. The van der Waals surface area contributed by atoms with Crippen LogP contribution in [0.1, 0.15) is 18.5 Å². The Morgan fingerprint density at radius 2 is 1.77 bits per heavy atom. The fraction of sp³-hybridized carbons (Fsp3) is 0.238. The minimum Gasteiger partial charge on any atom is -0.363 e. The van der Waals surface area contributed by atoms with E-state index in [-0.39, 0.29) is 18.5 Å². The monoisotopic (exact) mass is 348 g/mol. The minimum absolute atomic E-state index is 0.0751. The van der Waals surface area contributed by atoms with Gasteiger partial charge in [0, 0.05) is 31.6 Å². The number of para-hydroxylation sites is 1. The maximum Gasteiger partial charge on any atom is 0.238 e. The first-order chi connectivity index (χ1) is 12.5. The van der Waals surface area contributed by atoms with Gasteiger partial charge in [-0.3, -0.25) is 4.79 Å². The molecule has 2 N–H and O–H groups in total. The summed E-state index contributed by atoms with van der Waals surface area (Å²) in [5.74, 6) is 0.735. The number of nitrogens with zero attached hydrogens (tertiary/aromatic N) is 2. The van der Waals surface area contributed by atoms with Gasteiger partial charge in [0.1, 0.15) is 5.82 Å². The van der Waals surface area contributed by atoms with E-state index in [9.17, 15) is 4.79 Å². The van der Waals surface area contributed by atoms with Gasteiger partial charge in [-0.1, -0.05) is 48.5 Å². The second-order valence-electron chi connectivity index (χ2n) is 6.50. The van der Waals surface area contributed by atoms with E-state index in [0.29, 0.717) is 0 Å². The van der Waals surface area contributed by atoms with Crippen molar-refractivity contribution in [2.45, 2.75) is 13.0 Å². The van der Waals surface area contributed by atoms with Crippen LogP contribution in [0, 0.1) is 0 Å². The van der Waals surface area contributed by atoms with Gasteiger partial charge >= 0.3 is 0 Å². The van der Waals surface area contributed by atoms with Crippen molar-refractivity contribution in [3.8, 4) is 0 Å². The molecular formula is C21H24N4O. The molecule has 0 fully saturated rings. The number of pyridine rings is 1. The van der Waals surface area contributed by atoms with E-state index in [4.69, 9.17) is 0 Å². The van der Waals surface area contributed by atoms with Crippen molar-refractivity contribution in [2.75, 3.05) is 30.9 Å². The van der Waals surface area contributed by atoms with Crippen LogP contribution in [0.5, 0.6) is 0 Å². The number of fused-ring (bicyclic) bond motifs is 1. The predicted molar refractivity (Wildman–Crippen MR) is 108 cm³/mol. The van der Waals surface area contributed by atoms with E-state index in [2.05, 4.69) is 34.7 Å². The molecule has 3 rings (SSSR count). The quantitative estimate of drug-likeness (QED) is 0.715. The third-order valence-electron chi connectivity index (χ3n) is 4.30. The minimum atomic E-state index is -0.0751. The first-order valence-corrected chi connectivity index (χ1v) is 8.70. The SMILES string of the molecule is CC(NCC(=O)Nc1cc(N(C)C)nc2ccccc12)c1ccccc1. The van der Waals surface area contributed by atoms with Gasteiger partial charge in [0.15, 0.2) is 0 Å². The molecule has 0 radical (unpaired) electrons.